The Bertz CT molecular complexity index is 1020. The Morgan fingerprint density at radius 2 is 2.00 bits per heavy atom. The van der Waals surface area contributed by atoms with E-state index in [2.05, 4.69) is 4.98 Å². The molecule has 2 aliphatic rings. The quantitative estimate of drug-likeness (QED) is 0.782. The van der Waals surface area contributed by atoms with Gasteiger partial charge in [0.05, 0.1) is 12.7 Å². The maximum atomic E-state index is 13.0. The van der Waals surface area contributed by atoms with Gasteiger partial charge in [-0.2, -0.15) is 0 Å². The third kappa shape index (κ3) is 3.50. The van der Waals surface area contributed by atoms with Crippen molar-refractivity contribution < 1.29 is 14.3 Å². The van der Waals surface area contributed by atoms with E-state index < -0.39 is 0 Å². The van der Waals surface area contributed by atoms with E-state index in [1.165, 1.54) is 18.2 Å². The predicted octanol–water partition coefficient (Wildman–Crippen LogP) is 1.49. The van der Waals surface area contributed by atoms with Crippen molar-refractivity contribution in [2.24, 2.45) is 0 Å². The average molecular weight is 396 g/mol. The summed E-state index contributed by atoms with van der Waals surface area (Å²) in [6.07, 6.45) is 5.69. The van der Waals surface area contributed by atoms with Crippen LogP contribution in [0.4, 0.5) is 0 Å². The van der Waals surface area contributed by atoms with Gasteiger partial charge in [0.1, 0.15) is 5.56 Å². The molecule has 0 saturated heterocycles. The first-order chi connectivity index (χ1) is 13.9. The number of fused-ring (bicyclic) bond motifs is 1. The zero-order valence-corrected chi connectivity index (χ0v) is 16.8. The van der Waals surface area contributed by atoms with E-state index in [1.807, 2.05) is 6.20 Å². The molecule has 0 bridgehead atoms. The van der Waals surface area contributed by atoms with Crippen molar-refractivity contribution in [3.05, 3.63) is 57.1 Å². The number of amides is 2. The SMILES string of the molecule is COc1ccc(C(=O)N2CCc3c(cn(C4CC4)c(=O)c3C(=O)N(C)C)C2)cn1. The molecule has 1 fully saturated rings. The van der Waals surface area contributed by atoms with Crippen molar-refractivity contribution in [3.63, 3.8) is 0 Å². The van der Waals surface area contributed by atoms with Crippen LogP contribution in [0.25, 0.3) is 0 Å². The fourth-order valence-electron chi connectivity index (χ4n) is 3.73. The third-order valence-electron chi connectivity index (χ3n) is 5.47. The largest absolute Gasteiger partial charge is 0.481 e. The number of methoxy groups -OCH3 is 1. The number of nitrogens with zero attached hydrogens (tertiary/aromatic N) is 4. The van der Waals surface area contributed by atoms with Crippen molar-refractivity contribution in [1.82, 2.24) is 19.4 Å². The third-order valence-corrected chi connectivity index (χ3v) is 5.47. The lowest BCUT2D eigenvalue weighted by molar-refractivity contribution is 0.0733. The lowest BCUT2D eigenvalue weighted by Crippen LogP contribution is -2.41. The zero-order chi connectivity index (χ0) is 20.7. The maximum absolute atomic E-state index is 13.0. The normalized spacial score (nSPS) is 15.6. The molecule has 3 heterocycles. The molecule has 4 rings (SSSR count). The molecule has 152 valence electrons. The second-order valence-corrected chi connectivity index (χ2v) is 7.72. The first-order valence-corrected chi connectivity index (χ1v) is 9.68. The van der Waals surface area contributed by atoms with Crippen LogP contribution in [0.5, 0.6) is 5.88 Å². The number of ether oxygens (including phenoxy) is 1. The van der Waals surface area contributed by atoms with E-state index in [0.29, 0.717) is 31.0 Å². The van der Waals surface area contributed by atoms with Crippen molar-refractivity contribution >= 4 is 11.8 Å². The Labute approximate surface area is 168 Å². The zero-order valence-electron chi connectivity index (χ0n) is 16.8. The van der Waals surface area contributed by atoms with Gasteiger partial charge in [0.2, 0.25) is 5.88 Å². The van der Waals surface area contributed by atoms with Gasteiger partial charge in [-0.3, -0.25) is 14.4 Å². The maximum Gasteiger partial charge on any atom is 0.263 e. The standard InChI is InChI=1S/C21H24N4O4/c1-23(2)20(27)18-16-8-9-24(19(26)13-4-7-17(29-3)22-10-13)11-14(16)12-25(21(18)28)15-5-6-15/h4,7,10,12,15H,5-6,8-9,11H2,1-3H3. The van der Waals surface area contributed by atoms with Gasteiger partial charge in [-0.15, -0.1) is 0 Å². The van der Waals surface area contributed by atoms with Crippen molar-refractivity contribution in [1.29, 1.82) is 0 Å². The summed E-state index contributed by atoms with van der Waals surface area (Å²) in [5.41, 5.74) is 2.14. The highest BCUT2D eigenvalue weighted by molar-refractivity contribution is 5.96. The van der Waals surface area contributed by atoms with Crippen molar-refractivity contribution in [2.45, 2.75) is 31.8 Å². The van der Waals surface area contributed by atoms with Crippen LogP contribution in [0.15, 0.2) is 29.3 Å². The van der Waals surface area contributed by atoms with E-state index in [0.717, 1.165) is 24.0 Å². The van der Waals surface area contributed by atoms with E-state index in [1.54, 1.807) is 35.7 Å². The molecule has 0 radical (unpaired) electrons. The number of rotatable bonds is 4. The van der Waals surface area contributed by atoms with Crippen LogP contribution < -0.4 is 10.3 Å². The Balaban J connectivity index is 1.69. The van der Waals surface area contributed by atoms with Crippen LogP contribution in [-0.4, -0.2) is 58.9 Å². The summed E-state index contributed by atoms with van der Waals surface area (Å²) >= 11 is 0. The summed E-state index contributed by atoms with van der Waals surface area (Å²) in [5, 5.41) is 0. The Hall–Kier alpha value is -3.16. The summed E-state index contributed by atoms with van der Waals surface area (Å²) < 4.78 is 6.72. The fourth-order valence-corrected chi connectivity index (χ4v) is 3.73. The Morgan fingerprint density at radius 3 is 2.59 bits per heavy atom. The lowest BCUT2D eigenvalue weighted by atomic mass is 9.95. The van der Waals surface area contributed by atoms with Crippen LogP contribution in [0.2, 0.25) is 0 Å². The molecule has 0 atom stereocenters. The smallest absolute Gasteiger partial charge is 0.263 e. The molecule has 29 heavy (non-hydrogen) atoms. The van der Waals surface area contributed by atoms with Crippen LogP contribution in [0.3, 0.4) is 0 Å². The first kappa shape index (κ1) is 19.2. The highest BCUT2D eigenvalue weighted by Crippen LogP contribution is 2.35. The monoisotopic (exact) mass is 396 g/mol. The Morgan fingerprint density at radius 1 is 1.24 bits per heavy atom. The van der Waals surface area contributed by atoms with Crippen molar-refractivity contribution in [3.8, 4) is 5.88 Å². The molecule has 0 spiro atoms. The average Bonchev–Trinajstić information content (AvgIpc) is 3.57. The van der Waals surface area contributed by atoms with Gasteiger partial charge in [0.15, 0.2) is 0 Å². The topological polar surface area (TPSA) is 84.7 Å². The number of pyridine rings is 2. The molecule has 1 aliphatic heterocycles. The van der Waals surface area contributed by atoms with Crippen LogP contribution in [-0.2, 0) is 13.0 Å². The van der Waals surface area contributed by atoms with E-state index in [4.69, 9.17) is 4.74 Å². The molecule has 2 amide bonds. The molecule has 2 aromatic rings. The molecule has 8 heteroatoms. The number of hydrogen-bond donors (Lipinski definition) is 0. The molecule has 0 N–H and O–H groups in total. The van der Waals surface area contributed by atoms with E-state index in [9.17, 15) is 14.4 Å². The highest BCUT2D eigenvalue weighted by Gasteiger charge is 2.33. The predicted molar refractivity (Wildman–Crippen MR) is 106 cm³/mol. The van der Waals surface area contributed by atoms with Crippen LogP contribution in [0.1, 0.15) is 50.7 Å². The summed E-state index contributed by atoms with van der Waals surface area (Å²) in [6, 6.07) is 3.50. The van der Waals surface area contributed by atoms with Gasteiger partial charge in [-0.1, -0.05) is 0 Å². The van der Waals surface area contributed by atoms with E-state index >= 15 is 0 Å². The summed E-state index contributed by atoms with van der Waals surface area (Å²) in [6.45, 7) is 0.805. The Kier molecular flexibility index (Phi) is 4.86. The highest BCUT2D eigenvalue weighted by atomic mass is 16.5. The van der Waals surface area contributed by atoms with Gasteiger partial charge in [-0.25, -0.2) is 4.98 Å². The lowest BCUT2D eigenvalue weighted by Gasteiger charge is -2.31. The minimum Gasteiger partial charge on any atom is -0.481 e. The molecular formula is C21H24N4O4. The van der Waals surface area contributed by atoms with Gasteiger partial charge in [0.25, 0.3) is 17.4 Å². The summed E-state index contributed by atoms with van der Waals surface area (Å²) in [7, 11) is 4.83. The van der Waals surface area contributed by atoms with Gasteiger partial charge in [-0.05, 0) is 36.5 Å². The second-order valence-electron chi connectivity index (χ2n) is 7.72. The molecule has 0 unspecified atom stereocenters. The van der Waals surface area contributed by atoms with Crippen LogP contribution >= 0.6 is 0 Å². The molecule has 2 aromatic heterocycles. The van der Waals surface area contributed by atoms with Gasteiger partial charge in [0, 0.05) is 51.7 Å². The van der Waals surface area contributed by atoms with E-state index in [-0.39, 0.29) is 29.0 Å². The molecule has 1 aliphatic carbocycles. The number of aromatic nitrogens is 2. The summed E-state index contributed by atoms with van der Waals surface area (Å²) in [5.74, 6) is 0.0432. The summed E-state index contributed by atoms with van der Waals surface area (Å²) in [4.78, 5) is 45.9. The minimum absolute atomic E-state index is 0.129. The van der Waals surface area contributed by atoms with Gasteiger partial charge < -0.3 is 19.1 Å². The molecular weight excluding hydrogens is 372 g/mol. The second kappa shape index (κ2) is 7.35. The van der Waals surface area contributed by atoms with Gasteiger partial charge >= 0.3 is 0 Å². The van der Waals surface area contributed by atoms with Crippen molar-refractivity contribution in [2.75, 3.05) is 27.7 Å². The number of carbonyl (C=O) groups is 2. The number of hydrogen-bond acceptors (Lipinski definition) is 5. The molecule has 8 nitrogen and oxygen atoms in total. The first-order valence-electron chi connectivity index (χ1n) is 9.68. The van der Waals surface area contributed by atoms with Crippen LogP contribution in [0, 0.1) is 0 Å². The molecule has 0 aromatic carbocycles. The minimum atomic E-state index is -0.277. The number of carbonyl (C=O) groups excluding carboxylic acids is 2. The fraction of sp³-hybridized carbons (Fsp3) is 0.429. The molecule has 1 saturated carbocycles.